The SMILES string of the molecule is COC(=O)CCCOc1cccc([N+](=O)[O-])c1. The minimum Gasteiger partial charge on any atom is -0.493 e. The summed E-state index contributed by atoms with van der Waals surface area (Å²) in [6.45, 7) is 0.316. The van der Waals surface area contributed by atoms with Gasteiger partial charge in [0.25, 0.3) is 5.69 Å². The highest BCUT2D eigenvalue weighted by Crippen LogP contribution is 2.19. The van der Waals surface area contributed by atoms with E-state index in [1.54, 1.807) is 12.1 Å². The Kier molecular flexibility index (Phi) is 4.93. The first-order chi connectivity index (χ1) is 8.13. The third kappa shape index (κ3) is 4.50. The fraction of sp³-hybridized carbons (Fsp3) is 0.364. The summed E-state index contributed by atoms with van der Waals surface area (Å²) in [6, 6.07) is 5.92. The first-order valence-electron chi connectivity index (χ1n) is 5.07. The van der Waals surface area contributed by atoms with Gasteiger partial charge >= 0.3 is 5.97 Å². The topological polar surface area (TPSA) is 78.7 Å². The number of carbonyl (C=O) groups excluding carboxylic acids is 1. The summed E-state index contributed by atoms with van der Waals surface area (Å²) in [5, 5.41) is 10.5. The molecule has 0 bridgehead atoms. The number of esters is 1. The largest absolute Gasteiger partial charge is 0.493 e. The van der Waals surface area contributed by atoms with Crippen molar-refractivity contribution in [3.05, 3.63) is 34.4 Å². The number of benzene rings is 1. The lowest BCUT2D eigenvalue weighted by Gasteiger charge is -2.05. The highest BCUT2D eigenvalue weighted by atomic mass is 16.6. The lowest BCUT2D eigenvalue weighted by Crippen LogP contribution is -2.04. The predicted octanol–water partition coefficient (Wildman–Crippen LogP) is 1.93. The van der Waals surface area contributed by atoms with Crippen LogP contribution in [0, 0.1) is 10.1 Å². The number of carbonyl (C=O) groups is 1. The zero-order valence-electron chi connectivity index (χ0n) is 9.42. The Bertz CT molecular complexity index is 405. The maximum Gasteiger partial charge on any atom is 0.305 e. The van der Waals surface area contributed by atoms with E-state index in [2.05, 4.69) is 4.74 Å². The Morgan fingerprint density at radius 2 is 2.24 bits per heavy atom. The third-order valence-electron chi connectivity index (χ3n) is 2.05. The second-order valence-electron chi connectivity index (χ2n) is 3.28. The number of ether oxygens (including phenoxy) is 2. The van der Waals surface area contributed by atoms with Gasteiger partial charge in [0, 0.05) is 12.5 Å². The van der Waals surface area contributed by atoms with Gasteiger partial charge in [-0.1, -0.05) is 6.07 Å². The molecule has 0 N–H and O–H groups in total. The summed E-state index contributed by atoms with van der Waals surface area (Å²) in [4.78, 5) is 20.8. The molecule has 1 aromatic rings. The smallest absolute Gasteiger partial charge is 0.305 e. The van der Waals surface area contributed by atoms with Crippen LogP contribution in [0.25, 0.3) is 0 Å². The van der Waals surface area contributed by atoms with Crippen molar-refractivity contribution < 1.29 is 19.2 Å². The Morgan fingerprint density at radius 1 is 1.47 bits per heavy atom. The quantitative estimate of drug-likeness (QED) is 0.328. The van der Waals surface area contributed by atoms with Crippen molar-refractivity contribution >= 4 is 11.7 Å². The maximum atomic E-state index is 10.8. The molecule has 92 valence electrons. The summed E-state index contributed by atoms with van der Waals surface area (Å²) in [5.41, 5.74) is -0.0181. The minimum absolute atomic E-state index is 0.0181. The molecule has 0 radical (unpaired) electrons. The number of hydrogen-bond acceptors (Lipinski definition) is 5. The molecule has 0 aliphatic rings. The van der Waals surface area contributed by atoms with Crippen LogP contribution >= 0.6 is 0 Å². The Morgan fingerprint density at radius 3 is 2.88 bits per heavy atom. The molecule has 0 atom stereocenters. The molecule has 0 unspecified atom stereocenters. The van der Waals surface area contributed by atoms with Crippen LogP contribution in [0.5, 0.6) is 5.75 Å². The van der Waals surface area contributed by atoms with Gasteiger partial charge in [0.05, 0.1) is 24.7 Å². The van der Waals surface area contributed by atoms with E-state index >= 15 is 0 Å². The van der Waals surface area contributed by atoms with Crippen molar-refractivity contribution in [2.45, 2.75) is 12.8 Å². The van der Waals surface area contributed by atoms with Crippen LogP contribution < -0.4 is 4.74 Å². The number of nitro benzene ring substituents is 1. The van der Waals surface area contributed by atoms with Crippen molar-refractivity contribution in [3.8, 4) is 5.75 Å². The van der Waals surface area contributed by atoms with E-state index in [-0.39, 0.29) is 18.1 Å². The number of methoxy groups -OCH3 is 1. The van der Waals surface area contributed by atoms with Gasteiger partial charge in [-0.05, 0) is 12.5 Å². The molecule has 0 aliphatic carbocycles. The highest BCUT2D eigenvalue weighted by molar-refractivity contribution is 5.69. The molecule has 0 heterocycles. The zero-order chi connectivity index (χ0) is 12.7. The van der Waals surface area contributed by atoms with Crippen molar-refractivity contribution in [1.29, 1.82) is 0 Å². The van der Waals surface area contributed by atoms with Crippen LogP contribution in [0.2, 0.25) is 0 Å². The number of non-ortho nitro benzene ring substituents is 1. The lowest BCUT2D eigenvalue weighted by molar-refractivity contribution is -0.384. The molecule has 0 amide bonds. The molecular formula is C11H13NO5. The van der Waals surface area contributed by atoms with E-state index in [0.717, 1.165) is 0 Å². The van der Waals surface area contributed by atoms with E-state index in [1.165, 1.54) is 19.2 Å². The van der Waals surface area contributed by atoms with Gasteiger partial charge in [0.2, 0.25) is 0 Å². The molecule has 0 saturated carbocycles. The van der Waals surface area contributed by atoms with Crippen molar-refractivity contribution in [2.24, 2.45) is 0 Å². The highest BCUT2D eigenvalue weighted by Gasteiger charge is 2.06. The van der Waals surface area contributed by atoms with Gasteiger partial charge in [0.1, 0.15) is 5.75 Å². The third-order valence-corrected chi connectivity index (χ3v) is 2.05. The second kappa shape index (κ2) is 6.47. The van der Waals surface area contributed by atoms with Crippen LogP contribution in [-0.2, 0) is 9.53 Å². The molecule has 0 fully saturated rings. The molecule has 6 heteroatoms. The van der Waals surface area contributed by atoms with Gasteiger partial charge in [-0.2, -0.15) is 0 Å². The maximum absolute atomic E-state index is 10.8. The molecule has 0 aliphatic heterocycles. The second-order valence-corrected chi connectivity index (χ2v) is 3.28. The Balaban J connectivity index is 2.39. The van der Waals surface area contributed by atoms with E-state index in [0.29, 0.717) is 18.8 Å². The zero-order valence-corrected chi connectivity index (χ0v) is 9.42. The number of nitrogens with zero attached hydrogens (tertiary/aromatic N) is 1. The summed E-state index contributed by atoms with van der Waals surface area (Å²) >= 11 is 0. The first-order valence-corrected chi connectivity index (χ1v) is 5.07. The Hall–Kier alpha value is -2.11. The van der Waals surface area contributed by atoms with Crippen molar-refractivity contribution in [1.82, 2.24) is 0 Å². The molecule has 17 heavy (non-hydrogen) atoms. The molecule has 0 aromatic heterocycles. The number of rotatable bonds is 6. The normalized spacial score (nSPS) is 9.71. The van der Waals surface area contributed by atoms with E-state index in [1.807, 2.05) is 0 Å². The van der Waals surface area contributed by atoms with Gasteiger partial charge in [-0.25, -0.2) is 0 Å². The summed E-state index contributed by atoms with van der Waals surface area (Å²) < 4.78 is 9.75. The average Bonchev–Trinajstić information content (AvgIpc) is 2.34. The van der Waals surface area contributed by atoms with Gasteiger partial charge in [0.15, 0.2) is 0 Å². The minimum atomic E-state index is -0.485. The number of nitro groups is 1. The van der Waals surface area contributed by atoms with Crippen molar-refractivity contribution in [3.63, 3.8) is 0 Å². The van der Waals surface area contributed by atoms with Gasteiger partial charge in [-0.3, -0.25) is 14.9 Å². The van der Waals surface area contributed by atoms with E-state index < -0.39 is 4.92 Å². The molecule has 0 spiro atoms. The molecule has 1 aromatic carbocycles. The van der Waals surface area contributed by atoms with Gasteiger partial charge in [-0.15, -0.1) is 0 Å². The van der Waals surface area contributed by atoms with Crippen molar-refractivity contribution in [2.75, 3.05) is 13.7 Å². The summed E-state index contributed by atoms with van der Waals surface area (Å²) in [6.07, 6.45) is 0.779. The van der Waals surface area contributed by atoms with E-state index in [4.69, 9.17) is 4.74 Å². The van der Waals surface area contributed by atoms with Crippen LogP contribution in [0.3, 0.4) is 0 Å². The first kappa shape index (κ1) is 13.0. The Labute approximate surface area is 98.3 Å². The predicted molar refractivity (Wildman–Crippen MR) is 59.8 cm³/mol. The van der Waals surface area contributed by atoms with Gasteiger partial charge < -0.3 is 9.47 Å². The van der Waals surface area contributed by atoms with Crippen LogP contribution in [0.15, 0.2) is 24.3 Å². The average molecular weight is 239 g/mol. The molecule has 6 nitrogen and oxygen atoms in total. The lowest BCUT2D eigenvalue weighted by atomic mass is 10.3. The fourth-order valence-corrected chi connectivity index (χ4v) is 1.20. The molecule has 1 rings (SSSR count). The fourth-order valence-electron chi connectivity index (χ4n) is 1.20. The molecular weight excluding hydrogens is 226 g/mol. The molecule has 0 saturated heterocycles. The summed E-state index contributed by atoms with van der Waals surface area (Å²) in [5.74, 6) is 0.122. The van der Waals surface area contributed by atoms with Crippen LogP contribution in [0.4, 0.5) is 5.69 Å². The van der Waals surface area contributed by atoms with E-state index in [9.17, 15) is 14.9 Å². The standard InChI is InChI=1S/C11H13NO5/c1-16-11(13)6-3-7-17-10-5-2-4-9(8-10)12(14)15/h2,4-5,8H,3,6-7H2,1H3. The number of hydrogen-bond donors (Lipinski definition) is 0. The monoisotopic (exact) mass is 239 g/mol. The van der Waals surface area contributed by atoms with Crippen LogP contribution in [0.1, 0.15) is 12.8 Å². The van der Waals surface area contributed by atoms with Crippen LogP contribution in [-0.4, -0.2) is 24.6 Å². The summed E-state index contributed by atoms with van der Waals surface area (Å²) in [7, 11) is 1.32.